The van der Waals surface area contributed by atoms with E-state index >= 15 is 0 Å². The first-order chi connectivity index (χ1) is 17.5. The van der Waals surface area contributed by atoms with E-state index in [1.165, 1.54) is 38.5 Å². The first kappa shape index (κ1) is 48.9. The molecule has 0 bridgehead atoms. The number of hydrogen-bond donors (Lipinski definition) is 0. The molecular weight excluding hydrogens is 448 g/mol. The molecule has 4 heteroatoms. The fourth-order valence-electron chi connectivity index (χ4n) is 1.77. The molecule has 0 aromatic carbocycles. The molecule has 0 atom stereocenters. The van der Waals surface area contributed by atoms with Crippen molar-refractivity contribution in [2.45, 2.75) is 160 Å². The van der Waals surface area contributed by atoms with Crippen molar-refractivity contribution in [2.75, 3.05) is 52.9 Å². The lowest BCUT2D eigenvalue weighted by Gasteiger charge is -1.97. The van der Waals surface area contributed by atoms with Gasteiger partial charge in [0.05, 0.1) is 0 Å². The topological polar surface area (TPSA) is 36.9 Å². The van der Waals surface area contributed by atoms with Gasteiger partial charge in [-0.3, -0.25) is 0 Å². The molecular formula is C32H76O4. The Bertz CT molecular complexity index is 194. The summed E-state index contributed by atoms with van der Waals surface area (Å²) in [5.74, 6) is 0. The third-order valence-electron chi connectivity index (χ3n) is 3.38. The van der Waals surface area contributed by atoms with Crippen LogP contribution in [-0.4, -0.2) is 52.9 Å². The number of rotatable bonds is 18. The molecule has 228 valence electrons. The van der Waals surface area contributed by atoms with Crippen LogP contribution >= 0.6 is 0 Å². The largest absolute Gasteiger partial charge is 0.381 e. The monoisotopic (exact) mass is 525 g/mol. The van der Waals surface area contributed by atoms with Gasteiger partial charge in [-0.2, -0.15) is 0 Å². The summed E-state index contributed by atoms with van der Waals surface area (Å²) in [5, 5.41) is 0. The van der Waals surface area contributed by atoms with Crippen LogP contribution in [0.15, 0.2) is 0 Å². The predicted octanol–water partition coefficient (Wildman–Crippen LogP) is 10.9. The van der Waals surface area contributed by atoms with Crippen molar-refractivity contribution in [2.24, 2.45) is 0 Å². The highest BCUT2D eigenvalue weighted by Crippen LogP contribution is 1.89. The summed E-state index contributed by atoms with van der Waals surface area (Å²) >= 11 is 0. The van der Waals surface area contributed by atoms with Crippen molar-refractivity contribution < 1.29 is 18.9 Å². The summed E-state index contributed by atoms with van der Waals surface area (Å²) in [6.45, 7) is 33.1. The molecule has 0 saturated heterocycles. The molecule has 0 rings (SSSR count). The fraction of sp³-hybridized carbons (Fsp3) is 1.00. The van der Waals surface area contributed by atoms with Crippen LogP contribution < -0.4 is 0 Å². The van der Waals surface area contributed by atoms with E-state index in [1.807, 2.05) is 0 Å². The van der Waals surface area contributed by atoms with Crippen LogP contribution in [0, 0.1) is 0 Å². The minimum absolute atomic E-state index is 0.924. The molecule has 4 nitrogen and oxygen atoms in total. The third-order valence-corrected chi connectivity index (χ3v) is 3.38. The summed E-state index contributed by atoms with van der Waals surface area (Å²) in [4.78, 5) is 0. The lowest BCUT2D eigenvalue weighted by atomic mass is 10.4. The molecule has 0 unspecified atom stereocenters. The van der Waals surface area contributed by atoms with Crippen LogP contribution in [0.1, 0.15) is 160 Å². The van der Waals surface area contributed by atoms with Crippen molar-refractivity contribution in [3.8, 4) is 0 Å². The predicted molar refractivity (Wildman–Crippen MR) is 167 cm³/mol. The highest BCUT2D eigenvalue weighted by molar-refractivity contribution is 4.31. The van der Waals surface area contributed by atoms with Gasteiger partial charge in [-0.15, -0.1) is 0 Å². The Kier molecular flexibility index (Phi) is 95.3. The van der Waals surface area contributed by atoms with E-state index in [4.69, 9.17) is 18.9 Å². The molecule has 0 aromatic heterocycles. The van der Waals surface area contributed by atoms with Gasteiger partial charge in [0.2, 0.25) is 0 Å². The second kappa shape index (κ2) is 70.2. The average molecular weight is 525 g/mol. The van der Waals surface area contributed by atoms with Crippen molar-refractivity contribution in [3.05, 3.63) is 0 Å². The average Bonchev–Trinajstić information content (AvgIpc) is 2.88. The molecule has 0 spiro atoms. The molecule has 0 aromatic rings. The van der Waals surface area contributed by atoms with Gasteiger partial charge >= 0.3 is 0 Å². The summed E-state index contributed by atoms with van der Waals surface area (Å²) in [5.41, 5.74) is 0. The van der Waals surface area contributed by atoms with E-state index < -0.39 is 0 Å². The second-order valence-electron chi connectivity index (χ2n) is 8.57. The minimum atomic E-state index is 0.924. The van der Waals surface area contributed by atoms with Crippen LogP contribution in [0.25, 0.3) is 0 Å². The Balaban J connectivity index is -0.0000000776. The van der Waals surface area contributed by atoms with Gasteiger partial charge in [-0.05, 0) is 51.4 Å². The third kappa shape index (κ3) is 115. The summed E-state index contributed by atoms with van der Waals surface area (Å²) < 4.78 is 20.7. The van der Waals surface area contributed by atoms with Crippen molar-refractivity contribution in [1.82, 2.24) is 0 Å². The molecule has 36 heavy (non-hydrogen) atoms. The zero-order chi connectivity index (χ0) is 29.0. The zero-order valence-corrected chi connectivity index (χ0v) is 27.8. The molecule has 0 radical (unpaired) electrons. The van der Waals surface area contributed by atoms with Crippen LogP contribution in [-0.2, 0) is 18.9 Å². The normalized spacial score (nSPS) is 9.00. The Labute approximate surface area is 232 Å². The molecule has 0 aliphatic rings. The maximum atomic E-state index is 5.22. The number of ether oxygens (including phenoxy) is 4. The van der Waals surface area contributed by atoms with Crippen LogP contribution in [0.5, 0.6) is 0 Å². The SMILES string of the molecule is CCC.CCC.CCCCOCCC.CCCCOCCC.CCCOCCC.CCCOCCC. The first-order valence-electron chi connectivity index (χ1n) is 15.8. The van der Waals surface area contributed by atoms with Crippen molar-refractivity contribution in [3.63, 3.8) is 0 Å². The Morgan fingerprint density at radius 3 is 0.556 bits per heavy atom. The summed E-state index contributed by atoms with van der Waals surface area (Å²) in [7, 11) is 0. The van der Waals surface area contributed by atoms with Gasteiger partial charge in [-0.1, -0.05) is 109 Å². The minimum Gasteiger partial charge on any atom is -0.381 e. The van der Waals surface area contributed by atoms with Crippen LogP contribution in [0.3, 0.4) is 0 Å². The van der Waals surface area contributed by atoms with Gasteiger partial charge in [0, 0.05) is 52.9 Å². The van der Waals surface area contributed by atoms with Gasteiger partial charge < -0.3 is 18.9 Å². The van der Waals surface area contributed by atoms with Gasteiger partial charge in [0.15, 0.2) is 0 Å². The lowest BCUT2D eigenvalue weighted by molar-refractivity contribution is 0.132. The molecule has 0 aliphatic carbocycles. The number of hydrogen-bond acceptors (Lipinski definition) is 4. The molecule has 0 fully saturated rings. The van der Waals surface area contributed by atoms with E-state index in [0.29, 0.717) is 0 Å². The fourth-order valence-corrected chi connectivity index (χ4v) is 1.77. The smallest absolute Gasteiger partial charge is 0.0465 e. The lowest BCUT2D eigenvalue weighted by Crippen LogP contribution is -1.93. The van der Waals surface area contributed by atoms with E-state index in [-0.39, 0.29) is 0 Å². The van der Waals surface area contributed by atoms with E-state index in [9.17, 15) is 0 Å². The van der Waals surface area contributed by atoms with Gasteiger partial charge in [0.1, 0.15) is 0 Å². The first-order valence-corrected chi connectivity index (χ1v) is 15.8. The standard InChI is InChI=1S/2C7H16O.2C6H14O.2C3H8/c2*1-3-5-7-8-6-4-2;2*1-3-5-7-6-4-2;2*1-3-2/h2*3-7H2,1-2H3;2*3-6H2,1-2H3;2*3H2,1-2H3. The van der Waals surface area contributed by atoms with E-state index in [0.717, 1.165) is 91.4 Å². The van der Waals surface area contributed by atoms with Gasteiger partial charge in [0.25, 0.3) is 0 Å². The van der Waals surface area contributed by atoms with Crippen LogP contribution in [0.2, 0.25) is 0 Å². The Morgan fingerprint density at radius 1 is 0.250 bits per heavy atom. The Morgan fingerprint density at radius 2 is 0.417 bits per heavy atom. The van der Waals surface area contributed by atoms with Crippen molar-refractivity contribution >= 4 is 0 Å². The van der Waals surface area contributed by atoms with Crippen LogP contribution in [0.4, 0.5) is 0 Å². The van der Waals surface area contributed by atoms with E-state index in [1.54, 1.807) is 0 Å². The maximum Gasteiger partial charge on any atom is 0.0465 e. The molecule has 0 N–H and O–H groups in total. The second-order valence-corrected chi connectivity index (χ2v) is 8.57. The highest BCUT2D eigenvalue weighted by Gasteiger charge is 1.83. The Hall–Kier alpha value is -0.160. The number of unbranched alkanes of at least 4 members (excludes halogenated alkanes) is 2. The van der Waals surface area contributed by atoms with Gasteiger partial charge in [-0.25, -0.2) is 0 Å². The van der Waals surface area contributed by atoms with E-state index in [2.05, 4.69) is 83.1 Å². The molecule has 0 heterocycles. The molecule has 0 aliphatic heterocycles. The zero-order valence-electron chi connectivity index (χ0n) is 27.8. The molecule has 0 amide bonds. The maximum absolute atomic E-state index is 5.22. The summed E-state index contributed by atoms with van der Waals surface area (Å²) in [6, 6.07) is 0. The highest BCUT2D eigenvalue weighted by atomic mass is 16.5. The van der Waals surface area contributed by atoms with Crippen molar-refractivity contribution in [1.29, 1.82) is 0 Å². The summed E-state index contributed by atoms with van der Waals surface area (Å²) in [6.07, 6.45) is 14.2. The molecule has 0 saturated carbocycles. The quantitative estimate of drug-likeness (QED) is 0.167.